The van der Waals surface area contributed by atoms with Crippen LogP contribution in [0.4, 0.5) is 11.4 Å². The zero-order valence-corrected chi connectivity index (χ0v) is 15.7. The molecule has 0 bridgehead atoms. The van der Waals surface area contributed by atoms with E-state index in [1.807, 2.05) is 32.0 Å². The van der Waals surface area contributed by atoms with Crippen molar-refractivity contribution in [1.29, 1.82) is 0 Å². The van der Waals surface area contributed by atoms with E-state index in [0.717, 1.165) is 16.8 Å². The highest BCUT2D eigenvalue weighted by Crippen LogP contribution is 2.19. The van der Waals surface area contributed by atoms with E-state index in [9.17, 15) is 9.59 Å². The highest BCUT2D eigenvalue weighted by molar-refractivity contribution is 5.98. The lowest BCUT2D eigenvalue weighted by Gasteiger charge is -2.27. The molecule has 0 spiro atoms. The number of hydrogen-bond donors (Lipinski definition) is 2. The smallest absolute Gasteiger partial charge is 0.254 e. The van der Waals surface area contributed by atoms with Crippen LogP contribution >= 0.6 is 0 Å². The van der Waals surface area contributed by atoms with E-state index in [4.69, 9.17) is 4.74 Å². The van der Waals surface area contributed by atoms with Crippen LogP contribution in [0.5, 0.6) is 0 Å². The minimum atomic E-state index is -0.159. The minimum absolute atomic E-state index is 0.0388. The van der Waals surface area contributed by atoms with Crippen LogP contribution in [-0.2, 0) is 9.53 Å². The summed E-state index contributed by atoms with van der Waals surface area (Å²) in [6.45, 7) is 6.48. The van der Waals surface area contributed by atoms with Gasteiger partial charge >= 0.3 is 0 Å². The van der Waals surface area contributed by atoms with Gasteiger partial charge in [-0.1, -0.05) is 24.3 Å². The summed E-state index contributed by atoms with van der Waals surface area (Å²) in [7, 11) is 0. The molecular formula is C21H25N3O3. The second-order valence-corrected chi connectivity index (χ2v) is 6.65. The number of carbonyl (C=O) groups is 2. The first kappa shape index (κ1) is 18.9. The standard InChI is InChI=1S/C21H25N3O3/c1-15-5-3-6-16(2)20(15)22-14-19(25)23-18-8-4-7-17(13-18)21(26)24-9-11-27-12-10-24/h3-8,13,22H,9-12,14H2,1-2H3,(H,23,25). The molecule has 1 fully saturated rings. The number of hydrogen-bond acceptors (Lipinski definition) is 4. The predicted molar refractivity (Wildman–Crippen MR) is 106 cm³/mol. The number of nitrogens with zero attached hydrogens (tertiary/aromatic N) is 1. The Labute approximate surface area is 159 Å². The number of para-hydroxylation sites is 1. The molecule has 142 valence electrons. The van der Waals surface area contributed by atoms with Crippen molar-refractivity contribution in [2.24, 2.45) is 0 Å². The van der Waals surface area contributed by atoms with E-state index in [1.54, 1.807) is 29.2 Å². The van der Waals surface area contributed by atoms with E-state index < -0.39 is 0 Å². The van der Waals surface area contributed by atoms with Gasteiger partial charge in [0, 0.05) is 30.0 Å². The summed E-state index contributed by atoms with van der Waals surface area (Å²) in [6, 6.07) is 13.1. The number of amides is 2. The monoisotopic (exact) mass is 367 g/mol. The Bertz CT molecular complexity index is 809. The van der Waals surface area contributed by atoms with Gasteiger partial charge < -0.3 is 20.3 Å². The number of anilines is 2. The van der Waals surface area contributed by atoms with Crippen molar-refractivity contribution in [2.45, 2.75) is 13.8 Å². The number of ether oxygens (including phenoxy) is 1. The SMILES string of the molecule is Cc1cccc(C)c1NCC(=O)Nc1cccc(C(=O)N2CCOCC2)c1. The van der Waals surface area contributed by atoms with Crippen molar-refractivity contribution < 1.29 is 14.3 Å². The fourth-order valence-electron chi connectivity index (χ4n) is 3.15. The zero-order chi connectivity index (χ0) is 19.2. The van der Waals surface area contributed by atoms with Crippen LogP contribution in [-0.4, -0.2) is 49.6 Å². The van der Waals surface area contributed by atoms with Crippen molar-refractivity contribution in [1.82, 2.24) is 4.90 Å². The minimum Gasteiger partial charge on any atom is -0.378 e. The maximum absolute atomic E-state index is 12.6. The Morgan fingerprint density at radius 1 is 1.04 bits per heavy atom. The number of carbonyl (C=O) groups excluding carboxylic acids is 2. The van der Waals surface area contributed by atoms with Crippen LogP contribution in [0.25, 0.3) is 0 Å². The molecule has 0 aromatic heterocycles. The van der Waals surface area contributed by atoms with Crippen molar-refractivity contribution in [3.63, 3.8) is 0 Å². The molecule has 6 heteroatoms. The summed E-state index contributed by atoms with van der Waals surface area (Å²) in [5.74, 6) is -0.198. The van der Waals surface area contributed by atoms with Crippen LogP contribution < -0.4 is 10.6 Å². The van der Waals surface area contributed by atoms with Gasteiger partial charge in [0.1, 0.15) is 0 Å². The van der Waals surface area contributed by atoms with E-state index in [2.05, 4.69) is 10.6 Å². The molecule has 0 radical (unpaired) electrons. The van der Waals surface area contributed by atoms with Crippen LogP contribution in [0.2, 0.25) is 0 Å². The normalized spacial score (nSPS) is 13.9. The molecule has 0 atom stereocenters. The Morgan fingerprint density at radius 3 is 2.41 bits per heavy atom. The molecule has 2 aromatic carbocycles. The number of aryl methyl sites for hydroxylation is 2. The van der Waals surface area contributed by atoms with Crippen molar-refractivity contribution in [3.05, 3.63) is 59.2 Å². The van der Waals surface area contributed by atoms with Crippen LogP contribution in [0.15, 0.2) is 42.5 Å². The molecule has 2 amide bonds. The Balaban J connectivity index is 1.60. The summed E-state index contributed by atoms with van der Waals surface area (Å²) in [4.78, 5) is 26.6. The fourth-order valence-corrected chi connectivity index (χ4v) is 3.15. The molecule has 6 nitrogen and oxygen atoms in total. The van der Waals surface area contributed by atoms with Crippen LogP contribution in [0.1, 0.15) is 21.5 Å². The van der Waals surface area contributed by atoms with Crippen LogP contribution in [0.3, 0.4) is 0 Å². The number of nitrogens with one attached hydrogen (secondary N) is 2. The first-order chi connectivity index (χ1) is 13.0. The highest BCUT2D eigenvalue weighted by Gasteiger charge is 2.18. The first-order valence-electron chi connectivity index (χ1n) is 9.11. The topological polar surface area (TPSA) is 70.7 Å². The molecule has 2 aromatic rings. The van der Waals surface area contributed by atoms with Gasteiger partial charge in [-0.25, -0.2) is 0 Å². The van der Waals surface area contributed by atoms with Gasteiger partial charge in [0.15, 0.2) is 0 Å². The third-order valence-electron chi connectivity index (χ3n) is 4.60. The predicted octanol–water partition coefficient (Wildman–Crippen LogP) is 2.83. The zero-order valence-electron chi connectivity index (χ0n) is 15.7. The Kier molecular flexibility index (Phi) is 6.08. The van der Waals surface area contributed by atoms with Gasteiger partial charge in [0.25, 0.3) is 5.91 Å². The molecule has 0 saturated carbocycles. The lowest BCUT2D eigenvalue weighted by atomic mass is 10.1. The number of morpholine rings is 1. The van der Waals surface area contributed by atoms with E-state index >= 15 is 0 Å². The summed E-state index contributed by atoms with van der Waals surface area (Å²) in [5.41, 5.74) is 4.35. The van der Waals surface area contributed by atoms with Gasteiger partial charge in [0.2, 0.25) is 5.91 Å². The molecule has 0 aliphatic carbocycles. The number of benzene rings is 2. The second-order valence-electron chi connectivity index (χ2n) is 6.65. The average molecular weight is 367 g/mol. The maximum atomic E-state index is 12.6. The number of rotatable bonds is 5. The third-order valence-corrected chi connectivity index (χ3v) is 4.60. The van der Waals surface area contributed by atoms with Gasteiger partial charge in [-0.15, -0.1) is 0 Å². The van der Waals surface area contributed by atoms with Crippen LogP contribution in [0, 0.1) is 13.8 Å². The Hall–Kier alpha value is -2.86. The van der Waals surface area contributed by atoms with Crippen molar-refractivity contribution in [3.8, 4) is 0 Å². The first-order valence-corrected chi connectivity index (χ1v) is 9.11. The summed E-state index contributed by atoms with van der Waals surface area (Å²) < 4.78 is 5.28. The van der Waals surface area contributed by atoms with Gasteiger partial charge in [-0.2, -0.15) is 0 Å². The average Bonchev–Trinajstić information content (AvgIpc) is 2.68. The molecule has 1 heterocycles. The highest BCUT2D eigenvalue weighted by atomic mass is 16.5. The summed E-state index contributed by atoms with van der Waals surface area (Å²) >= 11 is 0. The molecule has 3 rings (SSSR count). The second kappa shape index (κ2) is 8.68. The molecule has 0 unspecified atom stereocenters. The molecule has 1 aliphatic rings. The maximum Gasteiger partial charge on any atom is 0.254 e. The summed E-state index contributed by atoms with van der Waals surface area (Å²) in [5, 5.41) is 6.04. The fraction of sp³-hybridized carbons (Fsp3) is 0.333. The Morgan fingerprint density at radius 2 is 1.70 bits per heavy atom. The molecule has 27 heavy (non-hydrogen) atoms. The van der Waals surface area contributed by atoms with E-state index in [1.165, 1.54) is 0 Å². The van der Waals surface area contributed by atoms with Gasteiger partial charge in [0.05, 0.1) is 19.8 Å². The third kappa shape index (κ3) is 4.86. The van der Waals surface area contributed by atoms with E-state index in [0.29, 0.717) is 37.6 Å². The quantitative estimate of drug-likeness (QED) is 0.853. The van der Waals surface area contributed by atoms with Crippen molar-refractivity contribution >= 4 is 23.2 Å². The lowest BCUT2D eigenvalue weighted by molar-refractivity contribution is -0.114. The summed E-state index contributed by atoms with van der Waals surface area (Å²) in [6.07, 6.45) is 0. The lowest BCUT2D eigenvalue weighted by Crippen LogP contribution is -2.40. The molecule has 1 aliphatic heterocycles. The van der Waals surface area contributed by atoms with Crippen molar-refractivity contribution in [2.75, 3.05) is 43.5 Å². The van der Waals surface area contributed by atoms with Gasteiger partial charge in [-0.05, 0) is 43.2 Å². The van der Waals surface area contributed by atoms with E-state index in [-0.39, 0.29) is 18.4 Å². The molecule has 1 saturated heterocycles. The molecule has 2 N–H and O–H groups in total. The molecular weight excluding hydrogens is 342 g/mol. The largest absolute Gasteiger partial charge is 0.378 e. The van der Waals surface area contributed by atoms with Gasteiger partial charge in [-0.3, -0.25) is 9.59 Å².